The van der Waals surface area contributed by atoms with Gasteiger partial charge in [-0.1, -0.05) is 60.1 Å². The number of hydrogen-bond acceptors (Lipinski definition) is 2. The molecule has 3 aromatic rings. The van der Waals surface area contributed by atoms with Gasteiger partial charge in [-0.3, -0.25) is 4.57 Å². The minimum atomic E-state index is 0.322. The van der Waals surface area contributed by atoms with Crippen LogP contribution in [0.25, 0.3) is 17.1 Å². The molecule has 1 aromatic heterocycles. The molecule has 0 aliphatic carbocycles. The van der Waals surface area contributed by atoms with E-state index in [4.69, 9.17) is 17.3 Å². The lowest BCUT2D eigenvalue weighted by molar-refractivity contribution is 1.08. The first-order valence-electron chi connectivity index (χ1n) is 5.92. The fourth-order valence-electron chi connectivity index (χ4n) is 2.03. The average Bonchev–Trinajstić information content (AvgIpc) is 2.77. The van der Waals surface area contributed by atoms with Gasteiger partial charge in [0, 0.05) is 11.3 Å². The van der Waals surface area contributed by atoms with Crippen LogP contribution in [-0.4, -0.2) is 9.55 Å². The predicted octanol–water partition coefficient (Wildman–Crippen LogP) is 3.77. The average molecular weight is 270 g/mol. The van der Waals surface area contributed by atoms with Gasteiger partial charge in [0.05, 0.1) is 0 Å². The lowest BCUT2D eigenvalue weighted by Crippen LogP contribution is -2.01. The van der Waals surface area contributed by atoms with Gasteiger partial charge >= 0.3 is 0 Å². The van der Waals surface area contributed by atoms with Gasteiger partial charge in [-0.05, 0) is 12.1 Å². The maximum absolute atomic E-state index is 6.08. The molecule has 2 N–H and O–H groups in total. The van der Waals surface area contributed by atoms with Crippen LogP contribution in [0.4, 0.5) is 5.82 Å². The quantitative estimate of drug-likeness (QED) is 0.769. The maximum Gasteiger partial charge on any atom is 0.172 e. The van der Waals surface area contributed by atoms with E-state index in [9.17, 15) is 0 Å². The van der Waals surface area contributed by atoms with E-state index < -0.39 is 0 Å². The van der Waals surface area contributed by atoms with Gasteiger partial charge in [0.25, 0.3) is 0 Å². The molecule has 19 heavy (non-hydrogen) atoms. The Morgan fingerprint density at radius 3 is 2.11 bits per heavy atom. The van der Waals surface area contributed by atoms with Crippen molar-refractivity contribution in [1.29, 1.82) is 0 Å². The molecule has 2 aromatic carbocycles. The predicted molar refractivity (Wildman–Crippen MR) is 78.4 cm³/mol. The number of nitrogens with zero attached hydrogens (tertiary/aromatic N) is 2. The summed E-state index contributed by atoms with van der Waals surface area (Å²) in [6.07, 6.45) is 0. The molecule has 0 amide bonds. The van der Waals surface area contributed by atoms with Crippen LogP contribution in [-0.2, 0) is 0 Å². The van der Waals surface area contributed by atoms with E-state index in [1.165, 1.54) is 0 Å². The van der Waals surface area contributed by atoms with Crippen LogP contribution >= 0.6 is 11.6 Å². The largest absolute Gasteiger partial charge is 0.382 e. The highest BCUT2D eigenvalue weighted by molar-refractivity contribution is 6.32. The number of benzene rings is 2. The first-order valence-corrected chi connectivity index (χ1v) is 6.30. The maximum atomic E-state index is 6.08. The lowest BCUT2D eigenvalue weighted by Gasteiger charge is -2.09. The van der Waals surface area contributed by atoms with Gasteiger partial charge in [-0.2, -0.15) is 0 Å². The van der Waals surface area contributed by atoms with Crippen molar-refractivity contribution in [2.24, 2.45) is 0 Å². The summed E-state index contributed by atoms with van der Waals surface area (Å²) in [5.41, 5.74) is 7.96. The minimum Gasteiger partial charge on any atom is -0.382 e. The Bertz CT molecular complexity index is 690. The fourth-order valence-corrected chi connectivity index (χ4v) is 2.19. The van der Waals surface area contributed by atoms with E-state index in [2.05, 4.69) is 4.98 Å². The third-order valence-corrected chi connectivity index (χ3v) is 3.19. The summed E-state index contributed by atoms with van der Waals surface area (Å²) in [6, 6.07) is 19.7. The number of nitrogens with two attached hydrogens (primary N) is 1. The van der Waals surface area contributed by atoms with E-state index in [1.807, 2.05) is 65.2 Å². The van der Waals surface area contributed by atoms with Crippen molar-refractivity contribution in [2.45, 2.75) is 0 Å². The fraction of sp³-hybridized carbons (Fsp3) is 0. The summed E-state index contributed by atoms with van der Waals surface area (Å²) in [6.45, 7) is 0. The molecule has 0 bridgehead atoms. The summed E-state index contributed by atoms with van der Waals surface area (Å²) in [4.78, 5) is 4.36. The van der Waals surface area contributed by atoms with Gasteiger partial charge in [-0.25, -0.2) is 4.98 Å². The zero-order chi connectivity index (χ0) is 13.2. The SMILES string of the molecule is Nc1c(Cl)nc(-c2ccccc2)n1-c1ccccc1. The van der Waals surface area contributed by atoms with E-state index >= 15 is 0 Å². The lowest BCUT2D eigenvalue weighted by atomic mass is 10.2. The molecule has 4 heteroatoms. The first kappa shape index (κ1) is 11.8. The highest BCUT2D eigenvalue weighted by Crippen LogP contribution is 2.30. The zero-order valence-corrected chi connectivity index (χ0v) is 10.9. The number of aromatic nitrogens is 2. The van der Waals surface area contributed by atoms with Crippen LogP contribution in [0.15, 0.2) is 60.7 Å². The first-order chi connectivity index (χ1) is 9.27. The van der Waals surface area contributed by atoms with E-state index in [0.29, 0.717) is 11.0 Å². The summed E-state index contributed by atoms with van der Waals surface area (Å²) in [5.74, 6) is 1.20. The number of hydrogen-bond donors (Lipinski definition) is 1. The van der Waals surface area contributed by atoms with Crippen LogP contribution in [0, 0.1) is 0 Å². The molecule has 0 atom stereocenters. The second kappa shape index (κ2) is 4.78. The smallest absolute Gasteiger partial charge is 0.172 e. The van der Waals surface area contributed by atoms with Gasteiger partial charge in [0.1, 0.15) is 11.6 Å². The standard InChI is InChI=1S/C15H12ClN3/c16-13-14(17)19(12-9-5-2-6-10-12)15(18-13)11-7-3-1-4-8-11/h1-10H,17H2. The number of halogens is 1. The van der Waals surface area contributed by atoms with Crippen LogP contribution < -0.4 is 5.73 Å². The van der Waals surface area contributed by atoms with E-state index in [0.717, 1.165) is 17.1 Å². The number of rotatable bonds is 2. The van der Waals surface area contributed by atoms with Crippen LogP contribution in [0.2, 0.25) is 5.15 Å². The number of para-hydroxylation sites is 1. The van der Waals surface area contributed by atoms with Gasteiger partial charge in [-0.15, -0.1) is 0 Å². The Labute approximate surface area is 116 Å². The van der Waals surface area contributed by atoms with Crippen LogP contribution in [0.3, 0.4) is 0 Å². The molecule has 0 fully saturated rings. The number of imidazole rings is 1. The second-order valence-electron chi connectivity index (χ2n) is 4.15. The Morgan fingerprint density at radius 2 is 1.47 bits per heavy atom. The normalized spacial score (nSPS) is 10.6. The van der Waals surface area contributed by atoms with Gasteiger partial charge < -0.3 is 5.73 Å². The Kier molecular flexibility index (Phi) is 2.97. The molecule has 0 aliphatic rings. The summed E-state index contributed by atoms with van der Waals surface area (Å²) in [7, 11) is 0. The Hall–Kier alpha value is -2.26. The van der Waals surface area contributed by atoms with E-state index in [1.54, 1.807) is 0 Å². The van der Waals surface area contributed by atoms with Crippen molar-refractivity contribution in [1.82, 2.24) is 9.55 Å². The Morgan fingerprint density at radius 1 is 0.895 bits per heavy atom. The molecule has 94 valence electrons. The summed E-state index contributed by atoms with van der Waals surface area (Å²) in [5, 5.41) is 0.322. The van der Waals surface area contributed by atoms with Crippen molar-refractivity contribution in [3.63, 3.8) is 0 Å². The van der Waals surface area contributed by atoms with E-state index in [-0.39, 0.29) is 0 Å². The summed E-state index contributed by atoms with van der Waals surface area (Å²) < 4.78 is 1.86. The molecule has 0 radical (unpaired) electrons. The Balaban J connectivity index is 2.25. The van der Waals surface area contributed by atoms with Crippen molar-refractivity contribution in [3.05, 3.63) is 65.8 Å². The second-order valence-corrected chi connectivity index (χ2v) is 4.51. The van der Waals surface area contributed by atoms with Crippen molar-refractivity contribution in [3.8, 4) is 17.1 Å². The highest BCUT2D eigenvalue weighted by atomic mass is 35.5. The minimum absolute atomic E-state index is 0.322. The van der Waals surface area contributed by atoms with Crippen molar-refractivity contribution < 1.29 is 0 Å². The monoisotopic (exact) mass is 269 g/mol. The molecular formula is C15H12ClN3. The van der Waals surface area contributed by atoms with Crippen molar-refractivity contribution in [2.75, 3.05) is 5.73 Å². The van der Waals surface area contributed by atoms with Gasteiger partial charge in [0.2, 0.25) is 0 Å². The topological polar surface area (TPSA) is 43.8 Å². The summed E-state index contributed by atoms with van der Waals surface area (Å²) >= 11 is 6.08. The van der Waals surface area contributed by atoms with Crippen LogP contribution in [0.1, 0.15) is 0 Å². The number of anilines is 1. The van der Waals surface area contributed by atoms with Crippen molar-refractivity contribution >= 4 is 17.4 Å². The molecule has 0 unspecified atom stereocenters. The molecule has 0 spiro atoms. The molecule has 0 saturated carbocycles. The molecule has 1 heterocycles. The zero-order valence-electron chi connectivity index (χ0n) is 10.1. The third kappa shape index (κ3) is 2.09. The van der Waals surface area contributed by atoms with Crippen LogP contribution in [0.5, 0.6) is 0 Å². The molecule has 3 nitrogen and oxygen atoms in total. The number of nitrogen functional groups attached to an aromatic ring is 1. The highest BCUT2D eigenvalue weighted by Gasteiger charge is 2.15. The van der Waals surface area contributed by atoms with Gasteiger partial charge in [0.15, 0.2) is 5.15 Å². The molecular weight excluding hydrogens is 258 g/mol. The molecule has 0 saturated heterocycles. The molecule has 3 rings (SSSR count). The third-order valence-electron chi connectivity index (χ3n) is 2.91. The molecule has 0 aliphatic heterocycles.